The number of nitro benzene ring substituents is 1. The molecule has 0 fully saturated rings. The largest absolute Gasteiger partial charge is 0.448 e. The number of anilines is 1. The van der Waals surface area contributed by atoms with E-state index in [0.29, 0.717) is 5.39 Å². The summed E-state index contributed by atoms with van der Waals surface area (Å²) in [7, 11) is 1.40. The van der Waals surface area contributed by atoms with Crippen LogP contribution in [0.15, 0.2) is 47.3 Å². The van der Waals surface area contributed by atoms with E-state index in [2.05, 4.69) is 10.4 Å². The predicted molar refractivity (Wildman–Crippen MR) is 109 cm³/mol. The Bertz CT molecular complexity index is 1240. The highest BCUT2D eigenvalue weighted by atomic mass is 35.5. The minimum absolute atomic E-state index is 0.0400. The van der Waals surface area contributed by atoms with Crippen molar-refractivity contribution >= 4 is 45.6 Å². The molecule has 0 aliphatic carbocycles. The lowest BCUT2D eigenvalue weighted by Crippen LogP contribution is -2.31. The fourth-order valence-corrected chi connectivity index (χ4v) is 2.90. The third kappa shape index (κ3) is 4.13. The summed E-state index contributed by atoms with van der Waals surface area (Å²) in [5.74, 6) is -1.59. The molecular formula is C19H15ClN4O6. The molecule has 1 amide bonds. The van der Waals surface area contributed by atoms with Crippen LogP contribution in [0, 0.1) is 10.1 Å². The van der Waals surface area contributed by atoms with Crippen LogP contribution in [-0.4, -0.2) is 32.7 Å². The van der Waals surface area contributed by atoms with Gasteiger partial charge >= 0.3 is 5.97 Å². The number of fused-ring (bicyclic) bond motifs is 1. The topological polar surface area (TPSA) is 133 Å². The van der Waals surface area contributed by atoms with Crippen molar-refractivity contribution < 1.29 is 19.2 Å². The van der Waals surface area contributed by atoms with Crippen molar-refractivity contribution in [3.05, 3.63) is 73.6 Å². The average molecular weight is 431 g/mol. The third-order valence-electron chi connectivity index (χ3n) is 4.22. The Kier molecular flexibility index (Phi) is 5.79. The summed E-state index contributed by atoms with van der Waals surface area (Å²) in [5.41, 5.74) is -0.590. The Hall–Kier alpha value is -3.79. The molecule has 30 heavy (non-hydrogen) atoms. The Labute approximate surface area is 174 Å². The van der Waals surface area contributed by atoms with Crippen LogP contribution in [0.5, 0.6) is 0 Å². The smallest absolute Gasteiger partial charge is 0.360 e. The number of halogens is 1. The fourth-order valence-electron chi connectivity index (χ4n) is 2.67. The van der Waals surface area contributed by atoms with Gasteiger partial charge in [0, 0.05) is 24.6 Å². The number of carbonyl (C=O) groups is 2. The molecule has 1 unspecified atom stereocenters. The van der Waals surface area contributed by atoms with Crippen molar-refractivity contribution in [3.63, 3.8) is 0 Å². The molecular weight excluding hydrogens is 416 g/mol. The summed E-state index contributed by atoms with van der Waals surface area (Å²) in [6, 6.07) is 9.96. The molecule has 10 nitrogen and oxygen atoms in total. The number of nitrogens with one attached hydrogen (secondary N) is 1. The van der Waals surface area contributed by atoms with Gasteiger partial charge in [-0.15, -0.1) is 0 Å². The van der Waals surface area contributed by atoms with E-state index in [0.717, 1.165) is 10.7 Å². The molecule has 1 N–H and O–H groups in total. The normalized spacial score (nSPS) is 11.7. The number of benzene rings is 2. The Morgan fingerprint density at radius 1 is 1.23 bits per heavy atom. The maximum absolute atomic E-state index is 12.6. The number of ether oxygens (including phenoxy) is 1. The SMILES string of the molecule is CC(OC(=O)c1nn(C)c(=O)c2ccccc12)C(=O)Nc1ccc([N+](=O)[O-])cc1Cl. The van der Waals surface area contributed by atoms with Gasteiger partial charge in [0.1, 0.15) is 0 Å². The first-order chi connectivity index (χ1) is 14.2. The summed E-state index contributed by atoms with van der Waals surface area (Å²) in [5, 5.41) is 17.7. The highest BCUT2D eigenvalue weighted by molar-refractivity contribution is 6.34. The van der Waals surface area contributed by atoms with Gasteiger partial charge in [-0.1, -0.05) is 29.8 Å². The molecule has 1 heterocycles. The second-order valence-electron chi connectivity index (χ2n) is 6.28. The maximum Gasteiger partial charge on any atom is 0.360 e. The van der Waals surface area contributed by atoms with Gasteiger partial charge in [-0.3, -0.25) is 19.7 Å². The number of esters is 1. The minimum atomic E-state index is -1.23. The number of hydrogen-bond donors (Lipinski definition) is 1. The number of carbonyl (C=O) groups excluding carboxylic acids is 2. The first-order valence-electron chi connectivity index (χ1n) is 8.61. The van der Waals surface area contributed by atoms with Crippen LogP contribution in [0.25, 0.3) is 10.8 Å². The van der Waals surface area contributed by atoms with Gasteiger partial charge < -0.3 is 10.1 Å². The van der Waals surface area contributed by atoms with E-state index < -0.39 is 22.9 Å². The first-order valence-corrected chi connectivity index (χ1v) is 8.98. The van der Waals surface area contributed by atoms with Gasteiger partial charge in [0.25, 0.3) is 17.2 Å². The van der Waals surface area contributed by atoms with Crippen molar-refractivity contribution in [2.75, 3.05) is 5.32 Å². The summed E-state index contributed by atoms with van der Waals surface area (Å²) in [6.07, 6.45) is -1.23. The van der Waals surface area contributed by atoms with Crippen molar-refractivity contribution in [3.8, 4) is 0 Å². The zero-order valence-corrected chi connectivity index (χ0v) is 16.5. The molecule has 1 aromatic heterocycles. The monoisotopic (exact) mass is 430 g/mol. The van der Waals surface area contributed by atoms with Crippen LogP contribution >= 0.6 is 11.6 Å². The van der Waals surface area contributed by atoms with E-state index in [1.54, 1.807) is 24.3 Å². The number of nitro groups is 1. The van der Waals surface area contributed by atoms with Crippen LogP contribution in [-0.2, 0) is 16.6 Å². The quantitative estimate of drug-likeness (QED) is 0.373. The number of amides is 1. The molecule has 0 bridgehead atoms. The lowest BCUT2D eigenvalue weighted by atomic mass is 10.1. The van der Waals surface area contributed by atoms with Crippen LogP contribution in [0.4, 0.5) is 11.4 Å². The summed E-state index contributed by atoms with van der Waals surface area (Å²) in [6.45, 7) is 1.34. The summed E-state index contributed by atoms with van der Waals surface area (Å²) < 4.78 is 6.21. The maximum atomic E-state index is 12.6. The van der Waals surface area contributed by atoms with E-state index >= 15 is 0 Å². The van der Waals surface area contributed by atoms with Crippen molar-refractivity contribution in [2.45, 2.75) is 13.0 Å². The van der Waals surface area contributed by atoms with Crippen LogP contribution in [0.1, 0.15) is 17.4 Å². The molecule has 0 aliphatic heterocycles. The fraction of sp³-hybridized carbons (Fsp3) is 0.158. The van der Waals surface area contributed by atoms with E-state index in [1.165, 1.54) is 26.1 Å². The summed E-state index contributed by atoms with van der Waals surface area (Å²) in [4.78, 5) is 47.3. The van der Waals surface area contributed by atoms with Crippen LogP contribution in [0.3, 0.4) is 0 Å². The van der Waals surface area contributed by atoms with Gasteiger partial charge in [-0.05, 0) is 19.1 Å². The molecule has 1 atom stereocenters. The average Bonchev–Trinajstić information content (AvgIpc) is 2.71. The van der Waals surface area contributed by atoms with E-state index in [-0.39, 0.29) is 33.0 Å². The zero-order valence-electron chi connectivity index (χ0n) is 15.8. The molecule has 0 saturated carbocycles. The van der Waals surface area contributed by atoms with Crippen molar-refractivity contribution in [1.82, 2.24) is 9.78 Å². The molecule has 2 aromatic carbocycles. The van der Waals surface area contributed by atoms with Gasteiger partial charge in [-0.25, -0.2) is 9.48 Å². The molecule has 11 heteroatoms. The van der Waals surface area contributed by atoms with E-state index in [4.69, 9.17) is 16.3 Å². The molecule has 0 spiro atoms. The van der Waals surface area contributed by atoms with Gasteiger partial charge in [0.2, 0.25) is 0 Å². The zero-order chi connectivity index (χ0) is 22.0. The van der Waals surface area contributed by atoms with E-state index in [9.17, 15) is 24.5 Å². The van der Waals surface area contributed by atoms with Crippen molar-refractivity contribution in [2.24, 2.45) is 7.05 Å². The lowest BCUT2D eigenvalue weighted by molar-refractivity contribution is -0.384. The number of aryl methyl sites for hydroxylation is 1. The molecule has 3 rings (SSSR count). The standard InChI is InChI=1S/C19H15ClN4O6/c1-10(17(25)21-15-8-7-11(24(28)29)9-14(15)20)30-19(27)16-12-5-3-4-6-13(12)18(26)23(2)22-16/h3-10H,1-2H3,(H,21,25). The number of aromatic nitrogens is 2. The highest BCUT2D eigenvalue weighted by Crippen LogP contribution is 2.27. The number of nitrogens with zero attached hydrogens (tertiary/aromatic N) is 3. The lowest BCUT2D eigenvalue weighted by Gasteiger charge is -2.15. The van der Waals surface area contributed by atoms with Crippen LogP contribution in [0.2, 0.25) is 5.02 Å². The van der Waals surface area contributed by atoms with E-state index in [1.807, 2.05) is 0 Å². The summed E-state index contributed by atoms with van der Waals surface area (Å²) >= 11 is 5.95. The second kappa shape index (κ2) is 8.29. The number of rotatable bonds is 5. The number of hydrogen-bond acceptors (Lipinski definition) is 7. The molecule has 154 valence electrons. The number of non-ortho nitro benzene ring substituents is 1. The Morgan fingerprint density at radius 3 is 2.53 bits per heavy atom. The Morgan fingerprint density at radius 2 is 1.90 bits per heavy atom. The molecule has 0 aliphatic rings. The molecule has 3 aromatic rings. The van der Waals surface area contributed by atoms with Gasteiger partial charge in [-0.2, -0.15) is 5.10 Å². The van der Waals surface area contributed by atoms with Gasteiger partial charge in [0.05, 0.1) is 21.0 Å². The third-order valence-corrected chi connectivity index (χ3v) is 4.54. The van der Waals surface area contributed by atoms with Gasteiger partial charge in [0.15, 0.2) is 11.8 Å². The molecule has 0 saturated heterocycles. The minimum Gasteiger partial charge on any atom is -0.448 e. The van der Waals surface area contributed by atoms with Crippen LogP contribution < -0.4 is 10.9 Å². The Balaban J connectivity index is 1.79. The molecule has 0 radical (unpaired) electrons. The van der Waals surface area contributed by atoms with Crippen molar-refractivity contribution in [1.29, 1.82) is 0 Å². The predicted octanol–water partition coefficient (Wildman–Crippen LogP) is 2.68. The highest BCUT2D eigenvalue weighted by Gasteiger charge is 2.23. The first kappa shape index (κ1) is 20.9. The second-order valence-corrected chi connectivity index (χ2v) is 6.69.